The predicted molar refractivity (Wildman–Crippen MR) is 116 cm³/mol. The van der Waals surface area contributed by atoms with E-state index in [9.17, 15) is 22.0 Å². The van der Waals surface area contributed by atoms with E-state index >= 15 is 0 Å². The summed E-state index contributed by atoms with van der Waals surface area (Å²) < 4.78 is 53.4. The van der Waals surface area contributed by atoms with Crippen LogP contribution in [0.15, 0.2) is 46.2 Å². The summed E-state index contributed by atoms with van der Waals surface area (Å²) in [4.78, 5) is 14.0. The lowest BCUT2D eigenvalue weighted by Crippen LogP contribution is -2.28. The fourth-order valence-corrected chi connectivity index (χ4v) is 4.88. The Hall–Kier alpha value is -2.52. The Morgan fingerprint density at radius 2 is 1.90 bits per heavy atom. The number of benzene rings is 2. The van der Waals surface area contributed by atoms with Crippen molar-refractivity contribution >= 4 is 27.1 Å². The minimum absolute atomic E-state index is 0.139. The Labute approximate surface area is 181 Å². The maximum atomic E-state index is 13.7. The summed E-state index contributed by atoms with van der Waals surface area (Å²) in [7, 11) is -4.18. The summed E-state index contributed by atoms with van der Waals surface area (Å²) in [6.07, 6.45) is 2.70. The molecule has 2 aromatic rings. The van der Waals surface area contributed by atoms with E-state index in [1.165, 1.54) is 6.07 Å². The number of rotatable bonds is 7. The lowest BCUT2D eigenvalue weighted by atomic mass is 10.2. The van der Waals surface area contributed by atoms with Gasteiger partial charge in [-0.1, -0.05) is 13.3 Å². The van der Waals surface area contributed by atoms with Gasteiger partial charge in [0, 0.05) is 31.7 Å². The number of halogens is 2. The van der Waals surface area contributed by atoms with E-state index in [1.807, 2.05) is 6.92 Å². The lowest BCUT2D eigenvalue weighted by molar-refractivity contribution is -0.116. The third kappa shape index (κ3) is 5.59. The number of nitrogens with one attached hydrogen (secondary N) is 2. The van der Waals surface area contributed by atoms with Crippen molar-refractivity contribution in [1.82, 2.24) is 5.32 Å². The average molecular weight is 452 g/mol. The van der Waals surface area contributed by atoms with Crippen molar-refractivity contribution in [1.29, 1.82) is 0 Å². The number of sulfone groups is 1. The number of unbranched alkanes of at least 4 members (excludes halogenated alkanes) is 1. The molecule has 1 saturated heterocycles. The summed E-state index contributed by atoms with van der Waals surface area (Å²) in [5, 5.41) is 6.02. The van der Waals surface area contributed by atoms with Gasteiger partial charge >= 0.3 is 0 Å². The van der Waals surface area contributed by atoms with E-state index in [1.54, 1.807) is 12.1 Å². The van der Waals surface area contributed by atoms with Gasteiger partial charge in [0.15, 0.2) is 11.6 Å². The van der Waals surface area contributed by atoms with Crippen molar-refractivity contribution in [3.05, 3.63) is 48.0 Å². The van der Waals surface area contributed by atoms with E-state index in [2.05, 4.69) is 15.5 Å². The van der Waals surface area contributed by atoms with E-state index in [0.29, 0.717) is 12.5 Å². The predicted octanol–water partition coefficient (Wildman–Crippen LogP) is 3.73. The fourth-order valence-electron chi connectivity index (χ4n) is 3.47. The molecule has 1 aliphatic heterocycles. The van der Waals surface area contributed by atoms with Crippen LogP contribution in [0.2, 0.25) is 0 Å². The van der Waals surface area contributed by atoms with Crippen molar-refractivity contribution in [2.45, 2.75) is 42.4 Å². The largest absolute Gasteiger partial charge is 0.370 e. The molecule has 2 aromatic carbocycles. The topological polar surface area (TPSA) is 78.5 Å². The lowest BCUT2D eigenvalue weighted by Gasteiger charge is -2.24. The van der Waals surface area contributed by atoms with Gasteiger partial charge in [0.2, 0.25) is 15.7 Å². The van der Waals surface area contributed by atoms with Gasteiger partial charge in [0.05, 0.1) is 15.5 Å². The van der Waals surface area contributed by atoms with Crippen molar-refractivity contribution in [2.75, 3.05) is 36.4 Å². The van der Waals surface area contributed by atoms with E-state index in [4.69, 9.17) is 0 Å². The first kappa shape index (κ1) is 23.1. The number of carbonyl (C=O) groups is 1. The van der Waals surface area contributed by atoms with Crippen LogP contribution < -0.4 is 15.5 Å². The third-order valence-corrected chi connectivity index (χ3v) is 7.00. The first-order valence-corrected chi connectivity index (χ1v) is 11.9. The van der Waals surface area contributed by atoms with Crippen LogP contribution in [0.25, 0.3) is 0 Å². The minimum Gasteiger partial charge on any atom is -0.370 e. The second-order valence-electron chi connectivity index (χ2n) is 7.50. The quantitative estimate of drug-likeness (QED) is 0.628. The van der Waals surface area contributed by atoms with Crippen molar-refractivity contribution in [2.24, 2.45) is 0 Å². The molecular weight excluding hydrogens is 424 g/mol. The Bertz CT molecular complexity index is 1040. The molecule has 0 saturated carbocycles. The number of hydrogen-bond acceptors (Lipinski definition) is 5. The van der Waals surface area contributed by atoms with Crippen LogP contribution in [-0.4, -0.2) is 40.5 Å². The number of nitrogens with zero attached hydrogens (tertiary/aromatic N) is 1. The second-order valence-corrected chi connectivity index (χ2v) is 9.42. The molecule has 1 fully saturated rings. The number of hydrogen-bond donors (Lipinski definition) is 2. The van der Waals surface area contributed by atoms with Crippen LogP contribution in [-0.2, 0) is 14.6 Å². The van der Waals surface area contributed by atoms with Crippen LogP contribution in [0.1, 0.15) is 32.6 Å². The molecule has 6 nitrogen and oxygen atoms in total. The highest BCUT2D eigenvalue weighted by atomic mass is 32.2. The molecule has 0 radical (unpaired) electrons. The van der Waals surface area contributed by atoms with Gasteiger partial charge in [-0.25, -0.2) is 17.2 Å². The summed E-state index contributed by atoms with van der Waals surface area (Å²) in [6.45, 7) is 5.21. The van der Waals surface area contributed by atoms with Gasteiger partial charge in [-0.15, -0.1) is 0 Å². The zero-order chi connectivity index (χ0) is 22.4. The Balaban J connectivity index is 2.02. The van der Waals surface area contributed by atoms with E-state index in [-0.39, 0.29) is 27.8 Å². The molecule has 9 heteroatoms. The SMILES string of the molecule is CCCCC(=O)Nc1cc(N2CCCNCC2)ccc1S(=O)(=O)c1ccc(F)c(F)c1. The highest BCUT2D eigenvalue weighted by Crippen LogP contribution is 2.32. The first-order valence-electron chi connectivity index (χ1n) is 10.4. The van der Waals surface area contributed by atoms with Gasteiger partial charge in [-0.3, -0.25) is 4.79 Å². The molecule has 168 valence electrons. The molecule has 0 spiro atoms. The molecule has 0 bridgehead atoms. The molecule has 0 aliphatic carbocycles. The summed E-state index contributed by atoms with van der Waals surface area (Å²) >= 11 is 0. The maximum Gasteiger partial charge on any atom is 0.224 e. The van der Waals surface area contributed by atoms with Crippen LogP contribution in [0.3, 0.4) is 0 Å². The zero-order valence-corrected chi connectivity index (χ0v) is 18.3. The number of amides is 1. The minimum atomic E-state index is -4.18. The Morgan fingerprint density at radius 3 is 2.65 bits per heavy atom. The van der Waals surface area contributed by atoms with E-state index in [0.717, 1.165) is 56.8 Å². The number of carbonyl (C=O) groups excluding carboxylic acids is 1. The van der Waals surface area contributed by atoms with Gasteiger partial charge in [0.1, 0.15) is 0 Å². The first-order chi connectivity index (χ1) is 14.8. The van der Waals surface area contributed by atoms with Crippen LogP contribution in [0, 0.1) is 11.6 Å². The second kappa shape index (κ2) is 10.2. The van der Waals surface area contributed by atoms with Crippen molar-refractivity contribution in [3.8, 4) is 0 Å². The molecule has 3 rings (SSSR count). The zero-order valence-electron chi connectivity index (χ0n) is 17.5. The Morgan fingerprint density at radius 1 is 1.10 bits per heavy atom. The molecule has 31 heavy (non-hydrogen) atoms. The summed E-state index contributed by atoms with van der Waals surface area (Å²) in [6, 6.07) is 7.19. The molecule has 1 heterocycles. The fraction of sp³-hybridized carbons (Fsp3) is 0.409. The van der Waals surface area contributed by atoms with Gasteiger partial charge in [-0.05, 0) is 55.8 Å². The normalized spacial score (nSPS) is 14.9. The highest BCUT2D eigenvalue weighted by Gasteiger charge is 2.25. The smallest absolute Gasteiger partial charge is 0.224 e. The third-order valence-electron chi connectivity index (χ3n) is 5.19. The van der Waals surface area contributed by atoms with Crippen LogP contribution in [0.4, 0.5) is 20.2 Å². The highest BCUT2D eigenvalue weighted by molar-refractivity contribution is 7.91. The summed E-state index contributed by atoms with van der Waals surface area (Å²) in [5.74, 6) is -2.67. The molecule has 0 atom stereocenters. The number of anilines is 2. The monoisotopic (exact) mass is 451 g/mol. The van der Waals surface area contributed by atoms with Gasteiger partial charge in [-0.2, -0.15) is 0 Å². The van der Waals surface area contributed by atoms with Crippen molar-refractivity contribution < 1.29 is 22.0 Å². The Kier molecular flexibility index (Phi) is 7.61. The van der Waals surface area contributed by atoms with E-state index < -0.39 is 21.5 Å². The molecule has 2 N–H and O–H groups in total. The van der Waals surface area contributed by atoms with Crippen LogP contribution >= 0.6 is 0 Å². The van der Waals surface area contributed by atoms with Crippen LogP contribution in [0.5, 0.6) is 0 Å². The standard InChI is InChI=1S/C22H27F2N3O3S/c1-2-3-5-22(28)26-20-14-16(27-12-4-10-25-11-13-27)6-9-21(20)31(29,30)17-7-8-18(23)19(24)15-17/h6-9,14-15,25H,2-5,10-13H2,1H3,(H,26,28). The molecular formula is C22H27F2N3O3S. The summed E-state index contributed by atoms with van der Waals surface area (Å²) in [5.41, 5.74) is 0.930. The molecule has 0 unspecified atom stereocenters. The van der Waals surface area contributed by atoms with Crippen molar-refractivity contribution in [3.63, 3.8) is 0 Å². The van der Waals surface area contributed by atoms with Gasteiger partial charge in [0.25, 0.3) is 0 Å². The molecule has 0 aromatic heterocycles. The molecule has 1 amide bonds. The maximum absolute atomic E-state index is 13.7. The molecule has 1 aliphatic rings. The average Bonchev–Trinajstić information content (AvgIpc) is 3.03. The van der Waals surface area contributed by atoms with Gasteiger partial charge < -0.3 is 15.5 Å².